The van der Waals surface area contributed by atoms with Crippen molar-refractivity contribution >= 4 is 11.4 Å². The molecule has 0 aliphatic carbocycles. The van der Waals surface area contributed by atoms with Crippen LogP contribution >= 0.6 is 0 Å². The van der Waals surface area contributed by atoms with Gasteiger partial charge in [0.1, 0.15) is 0 Å². The molecule has 0 aliphatic heterocycles. The molecule has 0 aromatic heterocycles. The van der Waals surface area contributed by atoms with E-state index >= 15 is 0 Å². The molecule has 7 heteroatoms. The first-order valence-corrected chi connectivity index (χ1v) is 7.15. The van der Waals surface area contributed by atoms with Crippen LogP contribution in [0.2, 0.25) is 0 Å². The molecule has 0 amide bonds. The van der Waals surface area contributed by atoms with E-state index in [1.807, 2.05) is 0 Å². The van der Waals surface area contributed by atoms with Crippen molar-refractivity contribution in [1.29, 1.82) is 0 Å². The molecule has 0 saturated carbocycles. The number of nitrogens with zero attached hydrogens (tertiary/aromatic N) is 2. The molecular formula is C17H16N2O5. The average molecular weight is 328 g/mol. The SMILES string of the molecule is C=C(C)OCC(c1ccc([N+](=O)[O-])cc1)c1ccc([N+](=O)[O-])cc1. The Morgan fingerprint density at radius 2 is 1.33 bits per heavy atom. The van der Waals surface area contributed by atoms with Crippen LogP contribution in [0.3, 0.4) is 0 Å². The molecule has 7 nitrogen and oxygen atoms in total. The van der Waals surface area contributed by atoms with E-state index in [1.165, 1.54) is 24.3 Å². The molecule has 0 heterocycles. The van der Waals surface area contributed by atoms with E-state index in [4.69, 9.17) is 4.74 Å². The second-order valence-electron chi connectivity index (χ2n) is 5.26. The van der Waals surface area contributed by atoms with E-state index in [1.54, 1.807) is 31.2 Å². The van der Waals surface area contributed by atoms with Crippen LogP contribution in [0, 0.1) is 20.2 Å². The van der Waals surface area contributed by atoms with E-state index in [-0.39, 0.29) is 23.9 Å². The summed E-state index contributed by atoms with van der Waals surface area (Å²) in [6, 6.07) is 12.3. The second kappa shape index (κ2) is 7.36. The Morgan fingerprint density at radius 1 is 0.958 bits per heavy atom. The van der Waals surface area contributed by atoms with Crippen LogP contribution in [-0.4, -0.2) is 16.5 Å². The summed E-state index contributed by atoms with van der Waals surface area (Å²) >= 11 is 0. The van der Waals surface area contributed by atoms with E-state index in [0.717, 1.165) is 11.1 Å². The lowest BCUT2D eigenvalue weighted by Crippen LogP contribution is -2.09. The van der Waals surface area contributed by atoms with Gasteiger partial charge in [0.2, 0.25) is 0 Å². The van der Waals surface area contributed by atoms with E-state index in [2.05, 4.69) is 6.58 Å². The van der Waals surface area contributed by atoms with Crippen LogP contribution in [0.1, 0.15) is 24.0 Å². The smallest absolute Gasteiger partial charge is 0.269 e. The molecule has 0 bridgehead atoms. The van der Waals surface area contributed by atoms with Gasteiger partial charge in [0.25, 0.3) is 11.4 Å². The third-order valence-corrected chi connectivity index (χ3v) is 3.51. The van der Waals surface area contributed by atoms with Crippen molar-refractivity contribution in [1.82, 2.24) is 0 Å². The standard InChI is InChI=1S/C17H16N2O5/c1-12(2)24-11-17(13-3-7-15(8-4-13)18(20)21)14-5-9-16(10-6-14)19(22)23/h3-10,17H,1,11H2,2H3. The van der Waals surface area contributed by atoms with Crippen LogP contribution in [0.25, 0.3) is 0 Å². The molecule has 124 valence electrons. The highest BCUT2D eigenvalue weighted by molar-refractivity contribution is 5.41. The lowest BCUT2D eigenvalue weighted by molar-refractivity contribution is -0.385. The Morgan fingerprint density at radius 3 is 1.62 bits per heavy atom. The van der Waals surface area contributed by atoms with Crippen LogP contribution in [0.15, 0.2) is 60.9 Å². The minimum absolute atomic E-state index is 0.00187. The molecule has 0 N–H and O–H groups in total. The predicted octanol–water partition coefficient (Wildman–Crippen LogP) is 4.19. The third kappa shape index (κ3) is 4.16. The topological polar surface area (TPSA) is 95.5 Å². The van der Waals surface area contributed by atoms with Crippen LogP contribution in [-0.2, 0) is 4.74 Å². The van der Waals surface area contributed by atoms with Gasteiger partial charge in [-0.1, -0.05) is 30.8 Å². The molecule has 0 saturated heterocycles. The summed E-state index contributed by atoms with van der Waals surface area (Å²) in [5.41, 5.74) is 1.63. The molecule has 0 radical (unpaired) electrons. The van der Waals surface area contributed by atoms with Crippen molar-refractivity contribution in [2.45, 2.75) is 12.8 Å². The minimum Gasteiger partial charge on any atom is -0.498 e. The summed E-state index contributed by atoms with van der Waals surface area (Å²) in [4.78, 5) is 20.6. The maximum absolute atomic E-state index is 10.8. The Hall–Kier alpha value is -3.22. The zero-order valence-electron chi connectivity index (χ0n) is 13.0. The Bertz CT molecular complexity index is 696. The average Bonchev–Trinajstić information content (AvgIpc) is 2.55. The van der Waals surface area contributed by atoms with Gasteiger partial charge in [-0.15, -0.1) is 0 Å². The number of benzene rings is 2. The van der Waals surface area contributed by atoms with Gasteiger partial charge in [-0.25, -0.2) is 0 Å². The number of nitro groups is 2. The van der Waals surface area contributed by atoms with Gasteiger partial charge in [0, 0.05) is 30.2 Å². The molecule has 2 aromatic carbocycles. The number of ether oxygens (including phenoxy) is 1. The normalized spacial score (nSPS) is 10.4. The van der Waals surface area contributed by atoms with Crippen LogP contribution < -0.4 is 0 Å². The van der Waals surface area contributed by atoms with Gasteiger partial charge >= 0.3 is 0 Å². The molecule has 0 atom stereocenters. The zero-order valence-corrected chi connectivity index (χ0v) is 13.0. The largest absolute Gasteiger partial charge is 0.498 e. The van der Waals surface area contributed by atoms with Crippen molar-refractivity contribution in [3.05, 3.63) is 92.2 Å². The molecule has 2 aromatic rings. The maximum Gasteiger partial charge on any atom is 0.269 e. The highest BCUT2D eigenvalue weighted by Gasteiger charge is 2.18. The second-order valence-corrected chi connectivity index (χ2v) is 5.26. The molecule has 0 aliphatic rings. The van der Waals surface area contributed by atoms with E-state index < -0.39 is 9.85 Å². The number of allylic oxidation sites excluding steroid dienone is 1. The minimum atomic E-state index is -0.463. The molecule has 0 spiro atoms. The number of hydrogen-bond acceptors (Lipinski definition) is 5. The Labute approximate surface area is 138 Å². The Balaban J connectivity index is 2.34. The monoisotopic (exact) mass is 328 g/mol. The zero-order chi connectivity index (χ0) is 17.7. The summed E-state index contributed by atoms with van der Waals surface area (Å²) < 4.78 is 5.51. The fourth-order valence-corrected chi connectivity index (χ4v) is 2.27. The van der Waals surface area contributed by atoms with Crippen molar-refractivity contribution in [3.63, 3.8) is 0 Å². The number of nitro benzene ring substituents is 2. The van der Waals surface area contributed by atoms with E-state index in [9.17, 15) is 20.2 Å². The first kappa shape index (κ1) is 17.1. The van der Waals surface area contributed by atoms with Gasteiger partial charge < -0.3 is 4.74 Å². The molecule has 2 rings (SSSR count). The molecular weight excluding hydrogens is 312 g/mol. The molecule has 24 heavy (non-hydrogen) atoms. The van der Waals surface area contributed by atoms with E-state index in [0.29, 0.717) is 5.76 Å². The quantitative estimate of drug-likeness (QED) is 0.431. The van der Waals surface area contributed by atoms with Gasteiger partial charge in [-0.3, -0.25) is 20.2 Å². The van der Waals surface area contributed by atoms with Crippen LogP contribution in [0.4, 0.5) is 11.4 Å². The third-order valence-electron chi connectivity index (χ3n) is 3.51. The van der Waals surface area contributed by atoms with Crippen molar-refractivity contribution < 1.29 is 14.6 Å². The molecule has 0 fully saturated rings. The lowest BCUT2D eigenvalue weighted by Gasteiger charge is -2.18. The summed E-state index contributed by atoms with van der Waals surface area (Å²) in [5.74, 6) is 0.326. The molecule has 0 unspecified atom stereocenters. The first-order chi connectivity index (χ1) is 11.4. The number of hydrogen-bond donors (Lipinski definition) is 0. The predicted molar refractivity (Wildman–Crippen MR) is 88.8 cm³/mol. The van der Waals surface area contributed by atoms with Crippen LogP contribution in [0.5, 0.6) is 0 Å². The Kier molecular flexibility index (Phi) is 5.26. The fourth-order valence-electron chi connectivity index (χ4n) is 2.27. The summed E-state index contributed by atoms with van der Waals surface area (Å²) in [6.07, 6.45) is 0. The number of rotatable bonds is 7. The summed E-state index contributed by atoms with van der Waals surface area (Å²) in [5, 5.41) is 21.5. The fraction of sp³-hybridized carbons (Fsp3) is 0.176. The van der Waals surface area contributed by atoms with Crippen molar-refractivity contribution in [3.8, 4) is 0 Å². The van der Waals surface area contributed by atoms with Crippen molar-refractivity contribution in [2.75, 3.05) is 6.61 Å². The van der Waals surface area contributed by atoms with Gasteiger partial charge in [-0.05, 0) is 18.1 Å². The number of non-ortho nitro benzene ring substituents is 2. The van der Waals surface area contributed by atoms with Gasteiger partial charge in [-0.2, -0.15) is 0 Å². The first-order valence-electron chi connectivity index (χ1n) is 7.15. The lowest BCUT2D eigenvalue weighted by atomic mass is 9.91. The maximum atomic E-state index is 10.8. The highest BCUT2D eigenvalue weighted by atomic mass is 16.6. The van der Waals surface area contributed by atoms with Crippen molar-refractivity contribution in [2.24, 2.45) is 0 Å². The highest BCUT2D eigenvalue weighted by Crippen LogP contribution is 2.28. The summed E-state index contributed by atoms with van der Waals surface area (Å²) in [6.45, 7) is 5.70. The van der Waals surface area contributed by atoms with Gasteiger partial charge in [0.15, 0.2) is 0 Å². The summed E-state index contributed by atoms with van der Waals surface area (Å²) in [7, 11) is 0. The van der Waals surface area contributed by atoms with Gasteiger partial charge in [0.05, 0.1) is 22.2 Å².